The van der Waals surface area contributed by atoms with Crippen LogP contribution >= 0.6 is 0 Å². The second kappa shape index (κ2) is 6.16. The van der Waals surface area contributed by atoms with Gasteiger partial charge >= 0.3 is 12.0 Å². The third-order valence-electron chi connectivity index (χ3n) is 3.28. The molecule has 2 N–H and O–H groups in total. The maximum Gasteiger partial charge on any atom is 0.326 e. The van der Waals surface area contributed by atoms with Crippen molar-refractivity contribution in [1.82, 2.24) is 5.32 Å². The maximum absolute atomic E-state index is 12.3. The molecule has 0 aliphatic heterocycles. The summed E-state index contributed by atoms with van der Waals surface area (Å²) in [6.07, 6.45) is 0. The average Bonchev–Trinajstić information content (AvgIpc) is 2.31. The molecule has 0 spiro atoms. The zero-order chi connectivity index (χ0) is 16.4. The molecule has 0 fully saturated rings. The van der Waals surface area contributed by atoms with Crippen molar-refractivity contribution in [2.75, 3.05) is 11.9 Å². The zero-order valence-corrected chi connectivity index (χ0v) is 13.5. The van der Waals surface area contributed by atoms with Crippen LogP contribution < -0.4 is 10.2 Å². The Labute approximate surface area is 126 Å². The summed E-state index contributed by atoms with van der Waals surface area (Å²) in [6, 6.07) is 4.42. The molecule has 1 aromatic rings. The van der Waals surface area contributed by atoms with Crippen LogP contribution in [0.5, 0.6) is 0 Å². The Morgan fingerprint density at radius 1 is 1.14 bits per heavy atom. The Bertz CT molecular complexity index is 527. The molecule has 0 bridgehead atoms. The number of aliphatic carboxylic acids is 1. The van der Waals surface area contributed by atoms with Crippen LogP contribution in [0.2, 0.25) is 0 Å². The Morgan fingerprint density at radius 2 is 1.62 bits per heavy atom. The molecule has 2 amide bonds. The van der Waals surface area contributed by atoms with Crippen molar-refractivity contribution in [3.63, 3.8) is 0 Å². The van der Waals surface area contributed by atoms with Gasteiger partial charge in [0.25, 0.3) is 0 Å². The van der Waals surface area contributed by atoms with Crippen LogP contribution in [-0.4, -0.2) is 30.2 Å². The molecular weight excluding hydrogens is 268 g/mol. The lowest BCUT2D eigenvalue weighted by Gasteiger charge is -2.30. The highest BCUT2D eigenvalue weighted by atomic mass is 16.4. The number of amides is 2. The van der Waals surface area contributed by atoms with Crippen LogP contribution in [0.4, 0.5) is 10.5 Å². The largest absolute Gasteiger partial charge is 0.480 e. The molecule has 1 aromatic carbocycles. The lowest BCUT2D eigenvalue weighted by Crippen LogP contribution is -2.52. The number of carbonyl (C=O) groups excluding carboxylic acids is 1. The number of carbonyl (C=O) groups is 2. The summed E-state index contributed by atoms with van der Waals surface area (Å²) in [6.45, 7) is 9.25. The Balaban J connectivity index is 2.94. The fourth-order valence-electron chi connectivity index (χ4n) is 2.13. The van der Waals surface area contributed by atoms with Crippen molar-refractivity contribution in [2.24, 2.45) is 5.41 Å². The van der Waals surface area contributed by atoms with Crippen LogP contribution in [0.15, 0.2) is 18.2 Å². The quantitative estimate of drug-likeness (QED) is 0.900. The molecule has 116 valence electrons. The van der Waals surface area contributed by atoms with Gasteiger partial charge in [-0.05, 0) is 42.5 Å². The van der Waals surface area contributed by atoms with Crippen LogP contribution in [-0.2, 0) is 4.79 Å². The van der Waals surface area contributed by atoms with E-state index in [1.165, 1.54) is 4.90 Å². The molecule has 0 heterocycles. The summed E-state index contributed by atoms with van der Waals surface area (Å²) in [7, 11) is 1.63. The molecule has 5 heteroatoms. The van der Waals surface area contributed by atoms with Crippen molar-refractivity contribution in [3.8, 4) is 0 Å². The number of nitrogens with one attached hydrogen (secondary N) is 1. The number of carboxylic acid groups (broad SMARTS) is 1. The number of urea groups is 1. The Hall–Kier alpha value is -2.04. The fraction of sp³-hybridized carbons (Fsp3) is 0.500. The molecule has 0 aliphatic carbocycles. The molecule has 21 heavy (non-hydrogen) atoms. The van der Waals surface area contributed by atoms with Crippen molar-refractivity contribution < 1.29 is 14.7 Å². The number of benzene rings is 1. The summed E-state index contributed by atoms with van der Waals surface area (Å²) in [5.41, 5.74) is 2.28. The SMILES string of the molecule is Cc1cc(C)cc(N(C)C(=O)N[C@@H](C(=O)O)C(C)(C)C)c1. The third kappa shape index (κ3) is 4.48. The molecule has 0 aliphatic rings. The molecule has 0 radical (unpaired) electrons. The van der Waals surface area contributed by atoms with E-state index in [0.717, 1.165) is 16.8 Å². The molecule has 5 nitrogen and oxygen atoms in total. The summed E-state index contributed by atoms with van der Waals surface area (Å²) in [4.78, 5) is 25.0. The number of hydrogen-bond donors (Lipinski definition) is 2. The van der Waals surface area contributed by atoms with Gasteiger partial charge in [-0.2, -0.15) is 0 Å². The van der Waals surface area contributed by atoms with Gasteiger partial charge in [0.15, 0.2) is 0 Å². The van der Waals surface area contributed by atoms with E-state index in [-0.39, 0.29) is 0 Å². The molecule has 0 saturated heterocycles. The molecular formula is C16H24N2O3. The van der Waals surface area contributed by atoms with Crippen LogP contribution in [0.1, 0.15) is 31.9 Å². The van der Waals surface area contributed by atoms with Gasteiger partial charge < -0.3 is 10.4 Å². The van der Waals surface area contributed by atoms with E-state index in [9.17, 15) is 14.7 Å². The van der Waals surface area contributed by atoms with Gasteiger partial charge in [0.05, 0.1) is 0 Å². The van der Waals surface area contributed by atoms with E-state index in [0.29, 0.717) is 0 Å². The van der Waals surface area contributed by atoms with E-state index >= 15 is 0 Å². The van der Waals surface area contributed by atoms with Gasteiger partial charge in [-0.3, -0.25) is 4.90 Å². The number of aryl methyl sites for hydroxylation is 2. The average molecular weight is 292 g/mol. The van der Waals surface area contributed by atoms with Crippen molar-refractivity contribution >= 4 is 17.7 Å². The summed E-state index contributed by atoms with van der Waals surface area (Å²) >= 11 is 0. The minimum atomic E-state index is -1.04. The second-order valence-corrected chi connectivity index (χ2v) is 6.49. The predicted octanol–water partition coefficient (Wildman–Crippen LogP) is 2.95. The van der Waals surface area contributed by atoms with Gasteiger partial charge in [-0.25, -0.2) is 9.59 Å². The summed E-state index contributed by atoms with van der Waals surface area (Å²) in [5.74, 6) is -1.04. The molecule has 1 atom stereocenters. The third-order valence-corrected chi connectivity index (χ3v) is 3.28. The Morgan fingerprint density at radius 3 is 2.00 bits per heavy atom. The molecule has 1 rings (SSSR count). The molecule has 0 saturated carbocycles. The zero-order valence-electron chi connectivity index (χ0n) is 13.5. The second-order valence-electron chi connectivity index (χ2n) is 6.49. The standard InChI is InChI=1S/C16H24N2O3/c1-10-7-11(2)9-12(8-10)18(6)15(21)17-13(14(19)20)16(3,4)5/h7-9,13H,1-6H3,(H,17,21)(H,19,20)/t13-/m0/s1. The van der Waals surface area contributed by atoms with E-state index in [1.54, 1.807) is 27.8 Å². The molecule has 0 aromatic heterocycles. The summed E-state index contributed by atoms with van der Waals surface area (Å²) in [5, 5.41) is 11.8. The first-order valence-electron chi connectivity index (χ1n) is 6.87. The highest BCUT2D eigenvalue weighted by Crippen LogP contribution is 2.21. The Kier molecular flexibility index (Phi) is 4.99. The first kappa shape index (κ1) is 17.0. The summed E-state index contributed by atoms with van der Waals surface area (Å²) < 4.78 is 0. The lowest BCUT2D eigenvalue weighted by molar-refractivity contribution is -0.141. The van der Waals surface area contributed by atoms with Crippen molar-refractivity contribution in [1.29, 1.82) is 0 Å². The number of anilines is 1. The van der Waals surface area contributed by atoms with Crippen molar-refractivity contribution in [3.05, 3.63) is 29.3 Å². The van der Waals surface area contributed by atoms with Gasteiger partial charge in [-0.1, -0.05) is 26.8 Å². The van der Waals surface area contributed by atoms with Gasteiger partial charge in [0.2, 0.25) is 0 Å². The maximum atomic E-state index is 12.3. The van der Waals surface area contributed by atoms with Crippen LogP contribution in [0.3, 0.4) is 0 Å². The number of nitrogens with zero attached hydrogens (tertiary/aromatic N) is 1. The van der Waals surface area contributed by atoms with E-state index in [1.807, 2.05) is 32.0 Å². The minimum Gasteiger partial charge on any atom is -0.480 e. The smallest absolute Gasteiger partial charge is 0.326 e. The van der Waals surface area contributed by atoms with E-state index in [2.05, 4.69) is 5.32 Å². The van der Waals surface area contributed by atoms with Gasteiger partial charge in [0, 0.05) is 12.7 Å². The fourth-order valence-corrected chi connectivity index (χ4v) is 2.13. The van der Waals surface area contributed by atoms with E-state index in [4.69, 9.17) is 0 Å². The number of hydrogen-bond acceptors (Lipinski definition) is 2. The normalized spacial score (nSPS) is 12.7. The monoisotopic (exact) mass is 292 g/mol. The van der Waals surface area contributed by atoms with E-state index < -0.39 is 23.5 Å². The van der Waals surface area contributed by atoms with Gasteiger partial charge in [-0.15, -0.1) is 0 Å². The first-order chi connectivity index (χ1) is 9.52. The lowest BCUT2D eigenvalue weighted by atomic mass is 9.87. The van der Waals surface area contributed by atoms with Crippen LogP contribution in [0, 0.1) is 19.3 Å². The highest BCUT2D eigenvalue weighted by Gasteiger charge is 2.33. The first-order valence-corrected chi connectivity index (χ1v) is 6.87. The van der Waals surface area contributed by atoms with Crippen LogP contribution in [0.25, 0.3) is 0 Å². The predicted molar refractivity (Wildman–Crippen MR) is 83.7 cm³/mol. The molecule has 0 unspecified atom stereocenters. The number of rotatable bonds is 3. The topological polar surface area (TPSA) is 69.6 Å². The van der Waals surface area contributed by atoms with Crippen molar-refractivity contribution in [2.45, 2.75) is 40.7 Å². The highest BCUT2D eigenvalue weighted by molar-refractivity contribution is 5.94. The van der Waals surface area contributed by atoms with Gasteiger partial charge in [0.1, 0.15) is 6.04 Å². The number of carboxylic acids is 1. The minimum absolute atomic E-state index is 0.428.